The average molecular weight is 214 g/mol. The van der Waals surface area contributed by atoms with Gasteiger partial charge in [-0.2, -0.15) is 11.8 Å². The van der Waals surface area contributed by atoms with Crippen molar-refractivity contribution in [3.63, 3.8) is 0 Å². The van der Waals surface area contributed by atoms with Gasteiger partial charge < -0.3 is 10.2 Å². The molecule has 80 valence electrons. The molecule has 2 heterocycles. The highest BCUT2D eigenvalue weighted by Gasteiger charge is 2.22. The zero-order valence-electron chi connectivity index (χ0n) is 8.50. The van der Waals surface area contributed by atoms with Crippen LogP contribution in [0.25, 0.3) is 0 Å². The van der Waals surface area contributed by atoms with Crippen molar-refractivity contribution in [1.82, 2.24) is 10.2 Å². The lowest BCUT2D eigenvalue weighted by molar-refractivity contribution is -0.130. The Morgan fingerprint density at radius 1 is 1.57 bits per heavy atom. The van der Waals surface area contributed by atoms with Crippen LogP contribution < -0.4 is 5.32 Å². The first-order chi connectivity index (χ1) is 6.86. The van der Waals surface area contributed by atoms with Gasteiger partial charge in [0.05, 0.1) is 6.54 Å². The Morgan fingerprint density at radius 3 is 3.29 bits per heavy atom. The molecule has 0 aliphatic carbocycles. The zero-order chi connectivity index (χ0) is 9.80. The third-order valence-corrected chi connectivity index (χ3v) is 4.14. The predicted octanol–water partition coefficient (Wildman–Crippen LogP) is 0.561. The van der Waals surface area contributed by atoms with Crippen LogP contribution in [0.3, 0.4) is 0 Å². The lowest BCUT2D eigenvalue weighted by Crippen LogP contribution is -2.38. The molecule has 2 aliphatic heterocycles. The largest absolute Gasteiger partial charge is 0.341 e. The molecule has 0 spiro atoms. The van der Waals surface area contributed by atoms with Crippen molar-refractivity contribution >= 4 is 17.7 Å². The van der Waals surface area contributed by atoms with E-state index < -0.39 is 0 Å². The van der Waals surface area contributed by atoms with Crippen molar-refractivity contribution in [1.29, 1.82) is 0 Å². The molecule has 0 saturated carbocycles. The number of carbonyl (C=O) groups is 1. The van der Waals surface area contributed by atoms with Gasteiger partial charge >= 0.3 is 0 Å². The Bertz CT molecular complexity index is 204. The van der Waals surface area contributed by atoms with Crippen molar-refractivity contribution in [2.24, 2.45) is 5.92 Å². The lowest BCUT2D eigenvalue weighted by Gasteiger charge is -2.23. The highest BCUT2D eigenvalue weighted by Crippen LogP contribution is 2.24. The molecule has 2 aliphatic rings. The monoisotopic (exact) mass is 214 g/mol. The summed E-state index contributed by atoms with van der Waals surface area (Å²) in [6.07, 6.45) is 2.40. The third-order valence-electron chi connectivity index (χ3n) is 2.91. The van der Waals surface area contributed by atoms with E-state index in [-0.39, 0.29) is 0 Å². The van der Waals surface area contributed by atoms with Crippen LogP contribution >= 0.6 is 11.8 Å². The summed E-state index contributed by atoms with van der Waals surface area (Å²) in [5.74, 6) is 3.57. The first-order valence-electron chi connectivity index (χ1n) is 5.42. The Hall–Kier alpha value is -0.220. The van der Waals surface area contributed by atoms with Crippen molar-refractivity contribution in [3.05, 3.63) is 0 Å². The van der Waals surface area contributed by atoms with Crippen molar-refractivity contribution in [2.45, 2.75) is 12.8 Å². The summed E-state index contributed by atoms with van der Waals surface area (Å²) in [5.41, 5.74) is 0. The quantitative estimate of drug-likeness (QED) is 0.729. The lowest BCUT2D eigenvalue weighted by atomic mass is 10.1. The number of rotatable bonds is 2. The van der Waals surface area contributed by atoms with Crippen LogP contribution in [0.2, 0.25) is 0 Å². The summed E-state index contributed by atoms with van der Waals surface area (Å²) in [7, 11) is 0. The third kappa shape index (κ3) is 2.64. The first-order valence-corrected chi connectivity index (χ1v) is 6.58. The number of nitrogens with one attached hydrogen (secondary N) is 1. The van der Waals surface area contributed by atoms with E-state index in [1.165, 1.54) is 17.9 Å². The molecule has 0 bridgehead atoms. The Balaban J connectivity index is 1.84. The molecule has 14 heavy (non-hydrogen) atoms. The maximum atomic E-state index is 11.7. The molecule has 2 saturated heterocycles. The van der Waals surface area contributed by atoms with Crippen LogP contribution in [-0.4, -0.2) is 48.5 Å². The maximum absolute atomic E-state index is 11.7. The molecule has 2 fully saturated rings. The molecule has 1 atom stereocenters. The molecule has 3 nitrogen and oxygen atoms in total. The molecular weight excluding hydrogens is 196 g/mol. The molecule has 0 aromatic rings. The van der Waals surface area contributed by atoms with E-state index in [0.717, 1.165) is 32.0 Å². The Kier molecular flexibility index (Phi) is 3.70. The van der Waals surface area contributed by atoms with Crippen molar-refractivity contribution < 1.29 is 4.79 Å². The topological polar surface area (TPSA) is 32.3 Å². The standard InChI is InChI=1S/C10H18N2OS/c13-10-6-11-3-1-4-12(10)7-9-2-5-14-8-9/h9,11H,1-8H2. The highest BCUT2D eigenvalue weighted by atomic mass is 32.2. The van der Waals surface area contributed by atoms with Crippen LogP contribution in [-0.2, 0) is 4.79 Å². The van der Waals surface area contributed by atoms with E-state index in [0.29, 0.717) is 12.5 Å². The SMILES string of the molecule is O=C1CNCCCN1CC1CCSC1. The van der Waals surface area contributed by atoms with Crippen LogP contribution in [0.5, 0.6) is 0 Å². The van der Waals surface area contributed by atoms with Gasteiger partial charge in [0.25, 0.3) is 0 Å². The van der Waals surface area contributed by atoms with E-state index >= 15 is 0 Å². The van der Waals surface area contributed by atoms with Gasteiger partial charge in [-0.25, -0.2) is 0 Å². The van der Waals surface area contributed by atoms with Gasteiger partial charge in [-0.05, 0) is 36.8 Å². The van der Waals surface area contributed by atoms with Gasteiger partial charge in [0.2, 0.25) is 5.91 Å². The molecule has 0 radical (unpaired) electrons. The van der Waals surface area contributed by atoms with Gasteiger partial charge in [0, 0.05) is 13.1 Å². The number of nitrogens with zero attached hydrogens (tertiary/aromatic N) is 1. The first kappa shape index (κ1) is 10.3. The molecule has 0 aromatic heterocycles. The van der Waals surface area contributed by atoms with Gasteiger partial charge in [-0.1, -0.05) is 0 Å². The predicted molar refractivity (Wildman–Crippen MR) is 59.5 cm³/mol. The van der Waals surface area contributed by atoms with Crippen LogP contribution in [0.1, 0.15) is 12.8 Å². The fourth-order valence-corrected chi connectivity index (χ4v) is 3.33. The molecule has 0 aromatic carbocycles. The molecular formula is C10H18N2OS. The van der Waals surface area contributed by atoms with Gasteiger partial charge in [0.15, 0.2) is 0 Å². The average Bonchev–Trinajstić information content (AvgIpc) is 2.60. The minimum atomic E-state index is 0.291. The Morgan fingerprint density at radius 2 is 2.50 bits per heavy atom. The fourth-order valence-electron chi connectivity index (χ4n) is 2.06. The van der Waals surface area contributed by atoms with E-state index in [1.807, 2.05) is 11.8 Å². The van der Waals surface area contributed by atoms with Gasteiger partial charge in [-0.15, -0.1) is 0 Å². The van der Waals surface area contributed by atoms with Gasteiger partial charge in [0.1, 0.15) is 0 Å². The normalized spacial score (nSPS) is 29.3. The maximum Gasteiger partial charge on any atom is 0.236 e. The van der Waals surface area contributed by atoms with Crippen LogP contribution in [0.4, 0.5) is 0 Å². The second-order valence-electron chi connectivity index (χ2n) is 4.10. The second kappa shape index (κ2) is 5.03. The summed E-state index contributed by atoms with van der Waals surface area (Å²) >= 11 is 2.02. The summed E-state index contributed by atoms with van der Waals surface area (Å²) in [4.78, 5) is 13.7. The number of hydrogen-bond donors (Lipinski definition) is 1. The highest BCUT2D eigenvalue weighted by molar-refractivity contribution is 7.99. The number of carbonyl (C=O) groups excluding carboxylic acids is 1. The minimum Gasteiger partial charge on any atom is -0.341 e. The summed E-state index contributed by atoms with van der Waals surface area (Å²) in [6.45, 7) is 3.47. The molecule has 1 N–H and O–H groups in total. The van der Waals surface area contributed by atoms with Crippen molar-refractivity contribution in [3.8, 4) is 0 Å². The van der Waals surface area contributed by atoms with Gasteiger partial charge in [-0.3, -0.25) is 4.79 Å². The fraction of sp³-hybridized carbons (Fsp3) is 0.900. The summed E-state index contributed by atoms with van der Waals surface area (Å²) in [5, 5.41) is 3.16. The second-order valence-corrected chi connectivity index (χ2v) is 5.25. The van der Waals surface area contributed by atoms with Crippen LogP contribution in [0, 0.1) is 5.92 Å². The number of amides is 1. The van der Waals surface area contributed by atoms with Crippen molar-refractivity contribution in [2.75, 3.05) is 37.7 Å². The van der Waals surface area contributed by atoms with E-state index in [9.17, 15) is 4.79 Å². The minimum absolute atomic E-state index is 0.291. The molecule has 1 amide bonds. The zero-order valence-corrected chi connectivity index (χ0v) is 9.31. The summed E-state index contributed by atoms with van der Waals surface area (Å²) < 4.78 is 0. The molecule has 4 heteroatoms. The van der Waals surface area contributed by atoms with E-state index in [1.54, 1.807) is 0 Å². The number of thioether (sulfide) groups is 1. The molecule has 1 unspecified atom stereocenters. The Labute approximate surface area is 89.6 Å². The molecule has 2 rings (SSSR count). The number of hydrogen-bond acceptors (Lipinski definition) is 3. The van der Waals surface area contributed by atoms with E-state index in [2.05, 4.69) is 10.2 Å². The summed E-state index contributed by atoms with van der Waals surface area (Å²) in [6, 6.07) is 0. The van der Waals surface area contributed by atoms with Crippen LogP contribution in [0.15, 0.2) is 0 Å². The van der Waals surface area contributed by atoms with E-state index in [4.69, 9.17) is 0 Å². The smallest absolute Gasteiger partial charge is 0.236 e.